The molecule has 0 spiro atoms. The van der Waals surface area contributed by atoms with Gasteiger partial charge in [0.25, 0.3) is 0 Å². The second-order valence-electron chi connectivity index (χ2n) is 1.09. The normalized spacial score (nSPS) is 2.47. The largest absolute Gasteiger partial charge is 0.516 e. The summed E-state index contributed by atoms with van der Waals surface area (Å²) in [4.78, 5) is 0. The van der Waals surface area contributed by atoms with Gasteiger partial charge in [-0.25, -0.2) is 0 Å². The molecule has 0 unspecified atom stereocenters. The third-order valence-electron chi connectivity index (χ3n) is 0. The van der Waals surface area contributed by atoms with Crippen LogP contribution in [-0.2, 0) is 40.3 Å². The van der Waals surface area contributed by atoms with Gasteiger partial charge >= 0.3 is 71.0 Å². The van der Waals surface area contributed by atoms with E-state index in [0.717, 1.165) is 0 Å². The van der Waals surface area contributed by atoms with E-state index in [0.29, 0.717) is 0 Å². The van der Waals surface area contributed by atoms with Crippen molar-refractivity contribution in [3.63, 3.8) is 0 Å². The van der Waals surface area contributed by atoms with E-state index in [2.05, 4.69) is 33.3 Å². The van der Waals surface area contributed by atoms with E-state index in [1.807, 2.05) is 11.6 Å². The molecular formula is C7H7AlMnO6. The summed E-state index contributed by atoms with van der Waals surface area (Å²) in [5.41, 5.74) is 0. The van der Waals surface area contributed by atoms with Crippen molar-refractivity contribution in [2.75, 3.05) is 0 Å². The predicted octanol–water partition coefficient (Wildman–Crippen LogP) is 0.0397. The average molecular weight is 269 g/mol. The maximum absolute atomic E-state index is 8.19. The number of hydrogen-bond acceptors (Lipinski definition) is 1. The first kappa shape index (κ1) is 46.5. The molecule has 1 radical (unpaired) electrons. The van der Waals surface area contributed by atoms with Crippen LogP contribution in [0.15, 0.2) is 0 Å². The van der Waals surface area contributed by atoms with Gasteiger partial charge in [0.2, 0.25) is 0 Å². The summed E-state index contributed by atoms with van der Waals surface area (Å²) in [6, 6.07) is 0. The summed E-state index contributed by atoms with van der Waals surface area (Å²) in [5.74, 6) is 3.72. The van der Waals surface area contributed by atoms with E-state index >= 15 is 0 Å². The quantitative estimate of drug-likeness (QED) is 0.372. The van der Waals surface area contributed by atoms with Crippen LogP contribution in [0.25, 0.3) is 0 Å². The van der Waals surface area contributed by atoms with Gasteiger partial charge in [0.1, 0.15) is 0 Å². The third-order valence-corrected chi connectivity index (χ3v) is 0. The third kappa shape index (κ3) is 22700. The van der Waals surface area contributed by atoms with Crippen molar-refractivity contribution in [1.29, 1.82) is 0 Å². The SMILES string of the molecule is [C-]#[O+].[C-]#[O+].[C-]#[O+].[C-]#[O+].[C-]#[O+].[CH3][Al]([CH3])[OH].[Mn]. The monoisotopic (exact) mass is 269 g/mol. The fourth-order valence-corrected chi connectivity index (χ4v) is 0. The molecule has 0 fully saturated rings. The van der Waals surface area contributed by atoms with Crippen molar-refractivity contribution in [1.82, 2.24) is 0 Å². The Balaban J connectivity index is -0.0000000105. The zero-order valence-corrected chi connectivity index (χ0v) is 10.3. The van der Waals surface area contributed by atoms with Crippen LogP contribution in [0.2, 0.25) is 11.6 Å². The van der Waals surface area contributed by atoms with Crippen molar-refractivity contribution in [3.8, 4) is 0 Å². The first-order chi connectivity index (χ1) is 6.73. The van der Waals surface area contributed by atoms with Crippen LogP contribution < -0.4 is 0 Å². The van der Waals surface area contributed by atoms with Gasteiger partial charge in [-0.05, 0) is 0 Å². The maximum Gasteiger partial charge on any atom is 0.451 e. The second-order valence-corrected chi connectivity index (χ2v) is 3.28. The minimum Gasteiger partial charge on any atom is -0.516 e. The van der Waals surface area contributed by atoms with E-state index < -0.39 is 14.5 Å². The molecule has 15 heavy (non-hydrogen) atoms. The van der Waals surface area contributed by atoms with Gasteiger partial charge in [-0.15, -0.1) is 0 Å². The first-order valence-electron chi connectivity index (χ1n) is 2.43. The molecule has 0 aromatic rings. The van der Waals surface area contributed by atoms with Gasteiger partial charge in [0, 0.05) is 17.1 Å². The molecule has 0 aliphatic heterocycles. The zero-order valence-electron chi connectivity index (χ0n) is 7.94. The van der Waals surface area contributed by atoms with Crippen molar-refractivity contribution in [2.24, 2.45) is 0 Å². The van der Waals surface area contributed by atoms with Crippen LogP contribution in [0.5, 0.6) is 0 Å². The maximum atomic E-state index is 8.19. The van der Waals surface area contributed by atoms with Gasteiger partial charge in [0.05, 0.1) is 0 Å². The molecule has 0 heterocycles. The molecule has 0 atom stereocenters. The van der Waals surface area contributed by atoms with Crippen LogP contribution in [0.3, 0.4) is 0 Å². The standard InChI is InChI=1S/5CO.2CH3.Al.Mn.H2O/c5*1-2;;;;;/h;;;;;2*1H3;;;1H2/q;;;;;;;+1;;/p-1. The van der Waals surface area contributed by atoms with Gasteiger partial charge in [-0.2, -0.15) is 0 Å². The van der Waals surface area contributed by atoms with Crippen LogP contribution in [0.4, 0.5) is 0 Å². The van der Waals surface area contributed by atoms with Crippen LogP contribution in [-0.4, -0.2) is 18.6 Å². The molecule has 0 saturated carbocycles. The van der Waals surface area contributed by atoms with Crippen molar-refractivity contribution in [2.45, 2.75) is 11.6 Å². The summed E-state index contributed by atoms with van der Waals surface area (Å²) in [6.45, 7) is 22.5. The molecule has 0 amide bonds. The molecule has 0 rings (SSSR count). The molecular weight excluding hydrogens is 262 g/mol. The average Bonchev–Trinajstić information content (AvgIpc) is 2.30. The Morgan fingerprint density at radius 2 is 0.667 bits per heavy atom. The molecule has 6 nitrogen and oxygen atoms in total. The minimum absolute atomic E-state index is 0. The second kappa shape index (κ2) is 301. The molecule has 8 heteroatoms. The zero-order chi connectivity index (χ0) is 13.6. The van der Waals surface area contributed by atoms with Crippen molar-refractivity contribution in [3.05, 3.63) is 33.3 Å². The van der Waals surface area contributed by atoms with E-state index in [4.69, 9.17) is 27.4 Å². The van der Waals surface area contributed by atoms with Crippen LogP contribution >= 0.6 is 0 Å². The van der Waals surface area contributed by atoms with E-state index in [1.54, 1.807) is 0 Å². The molecule has 0 aliphatic carbocycles. The van der Waals surface area contributed by atoms with Crippen LogP contribution in [0, 0.1) is 33.3 Å². The minimum atomic E-state index is -1.14. The Hall–Kier alpha value is -0.288. The number of rotatable bonds is 0. The van der Waals surface area contributed by atoms with Gasteiger partial charge in [-0.3, -0.25) is 0 Å². The first-order valence-corrected chi connectivity index (χ1v) is 5.26. The van der Waals surface area contributed by atoms with E-state index in [9.17, 15) is 0 Å². The van der Waals surface area contributed by atoms with Gasteiger partial charge in [0.15, 0.2) is 0 Å². The Labute approximate surface area is 104 Å². The summed E-state index contributed by atoms with van der Waals surface area (Å²) in [6.07, 6.45) is 0. The fourth-order valence-electron chi connectivity index (χ4n) is 0. The summed E-state index contributed by atoms with van der Waals surface area (Å²) in [7, 11) is 0. The molecule has 0 saturated heterocycles. The van der Waals surface area contributed by atoms with Crippen LogP contribution in [0.1, 0.15) is 0 Å². The molecule has 0 aromatic heterocycles. The number of hydrogen-bond donors (Lipinski definition) is 1. The van der Waals surface area contributed by atoms with Crippen molar-refractivity contribution < 1.29 is 44.5 Å². The Bertz CT molecular complexity index is 110. The summed E-state index contributed by atoms with van der Waals surface area (Å²) < 4.78 is 45.7. The molecule has 0 aliphatic rings. The molecule has 0 bridgehead atoms. The van der Waals surface area contributed by atoms with Gasteiger partial charge in [-0.1, -0.05) is 11.6 Å². The Morgan fingerprint density at radius 1 is 0.667 bits per heavy atom. The summed E-state index contributed by atoms with van der Waals surface area (Å²) >= 11 is -1.14. The fraction of sp³-hybridized carbons (Fsp3) is 0.286. The van der Waals surface area contributed by atoms with Gasteiger partial charge < -0.3 is 4.16 Å². The van der Waals surface area contributed by atoms with E-state index in [-0.39, 0.29) is 17.1 Å². The predicted molar refractivity (Wildman–Crippen MR) is 39.3 cm³/mol. The molecule has 81 valence electrons. The smallest absolute Gasteiger partial charge is 0.451 e. The van der Waals surface area contributed by atoms with Crippen molar-refractivity contribution >= 4 is 14.5 Å². The molecule has 1 N–H and O–H groups in total. The molecule has 0 aromatic carbocycles. The topological polar surface area (TPSA) is 120 Å². The Morgan fingerprint density at radius 3 is 0.667 bits per heavy atom. The van der Waals surface area contributed by atoms with E-state index in [1.165, 1.54) is 0 Å². The summed E-state index contributed by atoms with van der Waals surface area (Å²) in [5, 5.41) is 0. The Kier molecular flexibility index (Phi) is 934.